The Morgan fingerprint density at radius 1 is 1.17 bits per heavy atom. The number of ether oxygens (including phenoxy) is 3. The number of amides is 3. The summed E-state index contributed by atoms with van der Waals surface area (Å²) >= 11 is 1.37. The van der Waals surface area contributed by atoms with Gasteiger partial charge in [0, 0.05) is 79.3 Å². The minimum Gasteiger partial charge on any atom is -0.464 e. The number of hydrogen-bond acceptors (Lipinski definition) is 11. The van der Waals surface area contributed by atoms with E-state index in [4.69, 9.17) is 24.2 Å². The second-order valence-electron chi connectivity index (χ2n) is 17.2. The van der Waals surface area contributed by atoms with E-state index >= 15 is 0 Å². The molecule has 6 bridgehead atoms. The second-order valence-corrected chi connectivity index (χ2v) is 18.1. The van der Waals surface area contributed by atoms with Gasteiger partial charge >= 0.3 is 5.97 Å². The monoisotopic (exact) mass is 827 g/mol. The lowest BCUT2D eigenvalue weighted by molar-refractivity contribution is -0.156. The third-order valence-corrected chi connectivity index (χ3v) is 13.1. The standard InChI is InChI=1S/C44H57N7O7S/c1-10-57-39-37(47-40(53)35-24(2)25(35)3)42(54)51-18-12-14-31(48-51)43(55)58-23-44(5,6)20-30-29-19-27(32-22-59-41(39)46-32)15-16-33(29)50(21-34(52)49(7)8)38(30)28-13-11-17-45-36(28)26(4)56-9/h11,13,15-17,19,22,24-26,31,35,37,39,48H,10,12,14,18,20-21,23H2,1-9H3,(H,47,53)/t24-,25+,26-,31-,35?,37-,39-/m0/s1. The molecule has 1 aromatic carbocycles. The number of nitrogens with one attached hydrogen (secondary N) is 2. The summed E-state index contributed by atoms with van der Waals surface area (Å²) in [6.45, 7) is 12.8. The average molecular weight is 828 g/mol. The summed E-state index contributed by atoms with van der Waals surface area (Å²) in [5.41, 5.74) is 8.30. The van der Waals surface area contributed by atoms with E-state index in [-0.39, 0.29) is 55.4 Å². The number of rotatable bonds is 9. The number of esters is 1. The summed E-state index contributed by atoms with van der Waals surface area (Å²) in [6.07, 6.45) is 2.01. The maximum atomic E-state index is 14.6. The van der Waals surface area contributed by atoms with Crippen molar-refractivity contribution >= 4 is 45.9 Å². The van der Waals surface area contributed by atoms with E-state index in [0.29, 0.717) is 36.5 Å². The predicted octanol–water partition coefficient (Wildman–Crippen LogP) is 5.71. The summed E-state index contributed by atoms with van der Waals surface area (Å²) in [5, 5.41) is 7.90. The van der Waals surface area contributed by atoms with Crippen LogP contribution in [-0.4, -0.2) is 101 Å². The highest BCUT2D eigenvalue weighted by molar-refractivity contribution is 7.10. The minimum atomic E-state index is -1.11. The molecule has 316 valence electrons. The lowest BCUT2D eigenvalue weighted by atomic mass is 9.84. The first-order valence-electron chi connectivity index (χ1n) is 20.6. The highest BCUT2D eigenvalue weighted by atomic mass is 32.1. The Kier molecular flexibility index (Phi) is 12.3. The molecule has 5 heterocycles. The summed E-state index contributed by atoms with van der Waals surface area (Å²) in [4.78, 5) is 67.2. The van der Waals surface area contributed by atoms with Crippen LogP contribution in [0.15, 0.2) is 41.9 Å². The van der Waals surface area contributed by atoms with Crippen molar-refractivity contribution in [1.82, 2.24) is 35.2 Å². The van der Waals surface area contributed by atoms with E-state index in [1.54, 1.807) is 32.3 Å². The number of hydrazine groups is 1. The van der Waals surface area contributed by atoms with Gasteiger partial charge in [0.25, 0.3) is 5.91 Å². The summed E-state index contributed by atoms with van der Waals surface area (Å²) in [7, 11) is 5.14. The third-order valence-electron chi connectivity index (χ3n) is 12.2. The zero-order chi connectivity index (χ0) is 42.3. The minimum absolute atomic E-state index is 0.0730. The van der Waals surface area contributed by atoms with Crippen LogP contribution in [0.4, 0.5) is 0 Å². The van der Waals surface area contributed by atoms with Crippen molar-refractivity contribution in [3.63, 3.8) is 0 Å². The van der Waals surface area contributed by atoms with Crippen LogP contribution in [0.1, 0.15) is 82.9 Å². The Hall–Kier alpha value is -4.70. The van der Waals surface area contributed by atoms with E-state index < -0.39 is 35.5 Å². The molecule has 7 rings (SSSR count). The Balaban J connectivity index is 1.43. The molecule has 2 fully saturated rings. The van der Waals surface area contributed by atoms with Crippen molar-refractivity contribution in [3.8, 4) is 22.5 Å². The van der Waals surface area contributed by atoms with Gasteiger partial charge in [0.1, 0.15) is 29.7 Å². The maximum absolute atomic E-state index is 14.6. The molecule has 2 aliphatic heterocycles. The van der Waals surface area contributed by atoms with Crippen LogP contribution in [0.3, 0.4) is 0 Å². The number of pyridine rings is 1. The Morgan fingerprint density at radius 2 is 1.93 bits per heavy atom. The van der Waals surface area contributed by atoms with Gasteiger partial charge in [-0.3, -0.25) is 29.2 Å². The molecule has 4 aromatic rings. The number of cyclic esters (lactones) is 1. The Morgan fingerprint density at radius 3 is 2.63 bits per heavy atom. The highest BCUT2D eigenvalue weighted by Gasteiger charge is 2.50. The number of methoxy groups -OCH3 is 1. The molecule has 1 aliphatic carbocycles. The van der Waals surface area contributed by atoms with Gasteiger partial charge in [-0.25, -0.2) is 10.4 Å². The fourth-order valence-electron chi connectivity index (χ4n) is 8.44. The van der Waals surface area contributed by atoms with E-state index in [1.807, 2.05) is 57.3 Å². The molecule has 15 heteroatoms. The molecule has 1 saturated carbocycles. The fraction of sp³-hybridized carbons (Fsp3) is 0.545. The molecule has 2 N–H and O–H groups in total. The lowest BCUT2D eigenvalue weighted by Crippen LogP contribution is -2.61. The third kappa shape index (κ3) is 8.52. The molecule has 0 radical (unpaired) electrons. The smallest absolute Gasteiger partial charge is 0.324 e. The zero-order valence-corrected chi connectivity index (χ0v) is 36.4. The zero-order valence-electron chi connectivity index (χ0n) is 35.5. The van der Waals surface area contributed by atoms with Crippen LogP contribution in [0.5, 0.6) is 0 Å². The van der Waals surface area contributed by atoms with E-state index in [9.17, 15) is 19.2 Å². The van der Waals surface area contributed by atoms with E-state index in [2.05, 4.69) is 35.2 Å². The second kappa shape index (κ2) is 17.1. The van der Waals surface area contributed by atoms with E-state index in [0.717, 1.165) is 39.0 Å². The molecule has 3 aromatic heterocycles. The topological polar surface area (TPSA) is 157 Å². The van der Waals surface area contributed by atoms with Crippen molar-refractivity contribution in [2.75, 3.05) is 41.0 Å². The van der Waals surface area contributed by atoms with E-state index in [1.165, 1.54) is 16.3 Å². The van der Waals surface area contributed by atoms with Crippen LogP contribution in [0.2, 0.25) is 0 Å². The molecular formula is C44H57N7O7S. The molecule has 1 unspecified atom stereocenters. The van der Waals surface area contributed by atoms with Gasteiger partial charge in [-0.05, 0) is 74.8 Å². The number of aromatic nitrogens is 3. The molecule has 3 amide bonds. The van der Waals surface area contributed by atoms with Gasteiger partial charge in [-0.1, -0.05) is 33.8 Å². The number of carbonyl (C=O) groups excluding carboxylic acids is 4. The normalized spacial score (nSPS) is 24.9. The molecule has 1 saturated heterocycles. The quantitative estimate of drug-likeness (QED) is 0.201. The first kappa shape index (κ1) is 42.4. The summed E-state index contributed by atoms with van der Waals surface area (Å²) in [6, 6.07) is 8.13. The average Bonchev–Trinajstić information content (AvgIpc) is 3.49. The van der Waals surface area contributed by atoms with Crippen LogP contribution in [0, 0.1) is 23.2 Å². The van der Waals surface area contributed by atoms with Crippen molar-refractivity contribution in [2.24, 2.45) is 23.2 Å². The summed E-state index contributed by atoms with van der Waals surface area (Å²) in [5.74, 6) is -0.970. The molecule has 14 nitrogen and oxygen atoms in total. The number of likely N-dealkylation sites (N-methyl/N-ethyl adjacent to an activating group) is 1. The first-order valence-corrected chi connectivity index (χ1v) is 21.5. The van der Waals surface area contributed by atoms with Gasteiger partial charge in [0.2, 0.25) is 11.8 Å². The summed E-state index contributed by atoms with van der Waals surface area (Å²) < 4.78 is 20.3. The SMILES string of the molecule is CCO[C@@H]1c2nc(cs2)-c2ccc3c(c2)c(c(-c2cccnc2[C@H](C)OC)n3CC(=O)N(C)C)CC(C)(C)COC(=O)[C@@H]2CCCN(N2)C(=O)[C@H]1NC(=O)C1[C@@H](C)[C@H]1C. The first-order chi connectivity index (χ1) is 28.1. The van der Waals surface area contributed by atoms with Crippen LogP contribution >= 0.6 is 11.3 Å². The molecular weight excluding hydrogens is 771 g/mol. The molecule has 0 spiro atoms. The largest absolute Gasteiger partial charge is 0.464 e. The highest BCUT2D eigenvalue weighted by Crippen LogP contribution is 2.46. The Labute approximate surface area is 350 Å². The predicted molar refractivity (Wildman–Crippen MR) is 225 cm³/mol. The number of carbonyl (C=O) groups is 4. The Bertz CT molecular complexity index is 2220. The van der Waals surface area contributed by atoms with Crippen molar-refractivity contribution in [1.29, 1.82) is 0 Å². The van der Waals surface area contributed by atoms with Gasteiger partial charge in [0.05, 0.1) is 29.8 Å². The number of hydrogen-bond donors (Lipinski definition) is 2. The number of nitrogens with zero attached hydrogens (tertiary/aromatic N) is 5. The molecule has 3 aliphatic rings. The molecule has 7 atom stereocenters. The van der Waals surface area contributed by atoms with Crippen molar-refractivity contribution in [2.45, 2.75) is 91.6 Å². The molecule has 59 heavy (non-hydrogen) atoms. The fourth-order valence-corrected chi connectivity index (χ4v) is 9.35. The van der Waals surface area contributed by atoms with Crippen molar-refractivity contribution in [3.05, 3.63) is 58.2 Å². The number of fused-ring (bicyclic) bond motifs is 6. The number of benzene rings is 1. The maximum Gasteiger partial charge on any atom is 0.324 e. The van der Waals surface area contributed by atoms with Gasteiger partial charge in [0.15, 0.2) is 0 Å². The van der Waals surface area contributed by atoms with Crippen LogP contribution in [-0.2, 0) is 46.4 Å². The van der Waals surface area contributed by atoms with Crippen LogP contribution < -0.4 is 10.7 Å². The van der Waals surface area contributed by atoms with Crippen molar-refractivity contribution < 1.29 is 33.4 Å². The van der Waals surface area contributed by atoms with Gasteiger partial charge in [-0.15, -0.1) is 11.3 Å². The lowest BCUT2D eigenvalue weighted by Gasteiger charge is -2.37. The van der Waals surface area contributed by atoms with Crippen LogP contribution in [0.25, 0.3) is 33.4 Å². The number of thiazole rings is 1. The van der Waals surface area contributed by atoms with Gasteiger partial charge in [-0.2, -0.15) is 0 Å². The van der Waals surface area contributed by atoms with Gasteiger partial charge < -0.3 is 29.0 Å².